The van der Waals surface area contributed by atoms with Crippen LogP contribution in [0.5, 0.6) is 0 Å². The highest BCUT2D eigenvalue weighted by atomic mass is 19.1. The minimum absolute atomic E-state index is 0.0623. The Morgan fingerprint density at radius 3 is 2.90 bits per heavy atom. The first-order chi connectivity index (χ1) is 10.1. The predicted molar refractivity (Wildman–Crippen MR) is 80.5 cm³/mol. The normalized spacial score (nSPS) is 10.1. The van der Waals surface area contributed by atoms with Crippen molar-refractivity contribution in [1.29, 1.82) is 0 Å². The number of nitrogens with one attached hydrogen (secondary N) is 1. The third-order valence-corrected chi connectivity index (χ3v) is 3.01. The van der Waals surface area contributed by atoms with Gasteiger partial charge in [-0.05, 0) is 31.8 Å². The Balaban J connectivity index is 2.77. The second-order valence-electron chi connectivity index (χ2n) is 4.62. The second-order valence-corrected chi connectivity index (χ2v) is 4.62. The van der Waals surface area contributed by atoms with Gasteiger partial charge in [-0.1, -0.05) is 18.8 Å². The molecular formula is C16H21FN2O2. The van der Waals surface area contributed by atoms with Crippen molar-refractivity contribution < 1.29 is 14.3 Å². The molecule has 0 aliphatic rings. The topological polar surface area (TPSA) is 52.6 Å². The Morgan fingerprint density at radius 2 is 2.24 bits per heavy atom. The summed E-state index contributed by atoms with van der Waals surface area (Å²) in [5.74, 6) is 4.72. The molecule has 5 heteroatoms. The molecule has 2 N–H and O–H groups in total. The second kappa shape index (κ2) is 9.11. The summed E-state index contributed by atoms with van der Waals surface area (Å²) in [7, 11) is 1.97. The van der Waals surface area contributed by atoms with E-state index in [1.54, 1.807) is 0 Å². The van der Waals surface area contributed by atoms with Crippen molar-refractivity contribution >= 4 is 5.91 Å². The zero-order valence-corrected chi connectivity index (χ0v) is 12.4. The number of amides is 1. The molecule has 1 amide bonds. The number of benzene rings is 1. The summed E-state index contributed by atoms with van der Waals surface area (Å²) in [6, 6.07) is 3.90. The molecule has 0 saturated heterocycles. The summed E-state index contributed by atoms with van der Waals surface area (Å²) in [6.07, 6.45) is 0.291. The summed E-state index contributed by atoms with van der Waals surface area (Å²) < 4.78 is 13.3. The third kappa shape index (κ3) is 5.94. The van der Waals surface area contributed by atoms with E-state index in [0.717, 1.165) is 13.1 Å². The molecule has 0 aliphatic heterocycles. The Labute approximate surface area is 125 Å². The maximum atomic E-state index is 13.3. The van der Waals surface area contributed by atoms with Gasteiger partial charge in [0, 0.05) is 25.1 Å². The standard InChI is InChI=1S/C16H21FN2O2/c1-3-19(2)10-9-18-16(21)15-8-7-14(17)12-13(15)6-4-5-11-20/h7-8,12,20H,3,5,9-11H2,1-2H3,(H,18,21). The molecule has 0 aliphatic carbocycles. The molecule has 0 bridgehead atoms. The van der Waals surface area contributed by atoms with E-state index in [2.05, 4.69) is 22.1 Å². The van der Waals surface area contributed by atoms with Crippen LogP contribution in [-0.2, 0) is 0 Å². The zero-order valence-electron chi connectivity index (χ0n) is 12.4. The quantitative estimate of drug-likeness (QED) is 0.776. The lowest BCUT2D eigenvalue weighted by molar-refractivity contribution is 0.0950. The first-order valence-corrected chi connectivity index (χ1v) is 6.94. The SMILES string of the molecule is CCN(C)CCNC(=O)c1ccc(F)cc1C#CCCO. The van der Waals surface area contributed by atoms with Gasteiger partial charge >= 0.3 is 0 Å². The molecule has 114 valence electrons. The molecule has 1 aromatic rings. The van der Waals surface area contributed by atoms with Gasteiger partial charge in [-0.15, -0.1) is 0 Å². The largest absolute Gasteiger partial charge is 0.395 e. The summed E-state index contributed by atoms with van der Waals surface area (Å²) in [5.41, 5.74) is 0.686. The molecule has 0 radical (unpaired) electrons. The fraction of sp³-hybridized carbons (Fsp3) is 0.438. The van der Waals surface area contributed by atoms with Crippen molar-refractivity contribution in [2.45, 2.75) is 13.3 Å². The number of aliphatic hydroxyl groups excluding tert-OH is 1. The van der Waals surface area contributed by atoms with Crippen LogP contribution in [0, 0.1) is 17.7 Å². The van der Waals surface area contributed by atoms with Gasteiger partial charge in [-0.25, -0.2) is 4.39 Å². The molecule has 0 spiro atoms. The molecule has 0 aromatic heterocycles. The van der Waals surface area contributed by atoms with Crippen LogP contribution in [0.25, 0.3) is 0 Å². The van der Waals surface area contributed by atoms with E-state index in [1.165, 1.54) is 18.2 Å². The maximum absolute atomic E-state index is 13.3. The number of halogens is 1. The average Bonchev–Trinajstić information content (AvgIpc) is 2.47. The Hall–Kier alpha value is -1.90. The van der Waals surface area contributed by atoms with E-state index in [9.17, 15) is 9.18 Å². The molecule has 21 heavy (non-hydrogen) atoms. The number of carbonyl (C=O) groups excluding carboxylic acids is 1. The van der Waals surface area contributed by atoms with Crippen molar-refractivity contribution in [2.75, 3.05) is 33.3 Å². The van der Waals surface area contributed by atoms with Crippen LogP contribution in [-0.4, -0.2) is 49.2 Å². The lowest BCUT2D eigenvalue weighted by Crippen LogP contribution is -2.33. The van der Waals surface area contributed by atoms with Crippen molar-refractivity contribution in [3.63, 3.8) is 0 Å². The van der Waals surface area contributed by atoms with E-state index in [0.29, 0.717) is 24.1 Å². The minimum atomic E-state index is -0.439. The van der Waals surface area contributed by atoms with Crippen LogP contribution in [0.15, 0.2) is 18.2 Å². The fourth-order valence-electron chi connectivity index (χ4n) is 1.65. The summed E-state index contributed by atoms with van der Waals surface area (Å²) in [6.45, 7) is 4.15. The van der Waals surface area contributed by atoms with Crippen LogP contribution in [0.3, 0.4) is 0 Å². The fourth-order valence-corrected chi connectivity index (χ4v) is 1.65. The molecule has 1 rings (SSSR count). The minimum Gasteiger partial charge on any atom is -0.395 e. The number of rotatable bonds is 6. The van der Waals surface area contributed by atoms with Gasteiger partial charge < -0.3 is 15.3 Å². The van der Waals surface area contributed by atoms with E-state index in [4.69, 9.17) is 5.11 Å². The van der Waals surface area contributed by atoms with Gasteiger partial charge in [0.2, 0.25) is 0 Å². The number of carbonyl (C=O) groups is 1. The molecule has 0 unspecified atom stereocenters. The van der Waals surface area contributed by atoms with Crippen LogP contribution < -0.4 is 5.32 Å². The number of nitrogens with zero attached hydrogens (tertiary/aromatic N) is 1. The third-order valence-electron chi connectivity index (χ3n) is 3.01. The highest BCUT2D eigenvalue weighted by Gasteiger charge is 2.10. The van der Waals surface area contributed by atoms with E-state index in [1.807, 2.05) is 14.0 Å². The van der Waals surface area contributed by atoms with Gasteiger partial charge in [-0.2, -0.15) is 0 Å². The van der Waals surface area contributed by atoms with Crippen LogP contribution in [0.2, 0.25) is 0 Å². The molecule has 1 aromatic carbocycles. The first kappa shape index (κ1) is 17.2. The number of hydrogen-bond donors (Lipinski definition) is 2. The van der Waals surface area contributed by atoms with Crippen molar-refractivity contribution in [2.24, 2.45) is 0 Å². The number of hydrogen-bond acceptors (Lipinski definition) is 3. The Morgan fingerprint density at radius 1 is 1.48 bits per heavy atom. The molecule has 0 fully saturated rings. The lowest BCUT2D eigenvalue weighted by atomic mass is 10.1. The zero-order chi connectivity index (χ0) is 15.7. The summed E-state index contributed by atoms with van der Waals surface area (Å²) >= 11 is 0. The monoisotopic (exact) mass is 292 g/mol. The lowest BCUT2D eigenvalue weighted by Gasteiger charge is -2.14. The van der Waals surface area contributed by atoms with Gasteiger partial charge in [0.15, 0.2) is 0 Å². The van der Waals surface area contributed by atoms with Gasteiger partial charge in [0.1, 0.15) is 5.82 Å². The molecule has 0 atom stereocenters. The van der Waals surface area contributed by atoms with Crippen LogP contribution in [0.4, 0.5) is 4.39 Å². The smallest absolute Gasteiger partial charge is 0.252 e. The maximum Gasteiger partial charge on any atom is 0.252 e. The first-order valence-electron chi connectivity index (χ1n) is 6.94. The van der Waals surface area contributed by atoms with Gasteiger partial charge in [0.05, 0.1) is 12.2 Å². The molecular weight excluding hydrogens is 271 g/mol. The number of aliphatic hydroxyl groups is 1. The molecule has 4 nitrogen and oxygen atoms in total. The van der Waals surface area contributed by atoms with Crippen molar-refractivity contribution in [1.82, 2.24) is 10.2 Å². The van der Waals surface area contributed by atoms with Crippen LogP contribution >= 0.6 is 0 Å². The van der Waals surface area contributed by atoms with E-state index in [-0.39, 0.29) is 12.5 Å². The van der Waals surface area contributed by atoms with Gasteiger partial charge in [-0.3, -0.25) is 4.79 Å². The average molecular weight is 292 g/mol. The van der Waals surface area contributed by atoms with Crippen LogP contribution in [0.1, 0.15) is 29.3 Å². The summed E-state index contributed by atoms with van der Waals surface area (Å²) in [4.78, 5) is 14.2. The summed E-state index contributed by atoms with van der Waals surface area (Å²) in [5, 5.41) is 11.5. The van der Waals surface area contributed by atoms with E-state index < -0.39 is 5.82 Å². The highest BCUT2D eigenvalue weighted by molar-refractivity contribution is 5.96. The van der Waals surface area contributed by atoms with Crippen molar-refractivity contribution in [3.05, 3.63) is 35.1 Å². The van der Waals surface area contributed by atoms with E-state index >= 15 is 0 Å². The Kier molecular flexibility index (Phi) is 7.44. The Bertz CT molecular complexity index is 535. The molecule has 0 saturated carbocycles. The predicted octanol–water partition coefficient (Wildman–Crippen LogP) is 1.24. The van der Waals surface area contributed by atoms with Gasteiger partial charge in [0.25, 0.3) is 5.91 Å². The van der Waals surface area contributed by atoms with Crippen molar-refractivity contribution in [3.8, 4) is 11.8 Å². The molecule has 0 heterocycles. The highest BCUT2D eigenvalue weighted by Crippen LogP contribution is 2.10. The number of likely N-dealkylation sites (N-methyl/N-ethyl adjacent to an activating group) is 1.